The van der Waals surface area contributed by atoms with Crippen molar-refractivity contribution in [2.45, 2.75) is 25.0 Å². The van der Waals surface area contributed by atoms with Crippen LogP contribution in [0.4, 0.5) is 8.78 Å². The quantitative estimate of drug-likeness (QED) is 0.825. The third-order valence-corrected chi connectivity index (χ3v) is 5.15. The first-order chi connectivity index (χ1) is 12.7. The van der Waals surface area contributed by atoms with Crippen molar-refractivity contribution >= 4 is 5.57 Å². The minimum Gasteiger partial charge on any atom is -0.494 e. The Bertz CT molecular complexity index is 822. The molecule has 2 aliphatic heterocycles. The summed E-state index contributed by atoms with van der Waals surface area (Å²) in [4.78, 5) is 2.36. The third-order valence-electron chi connectivity index (χ3n) is 5.15. The van der Waals surface area contributed by atoms with Crippen LogP contribution in [0.3, 0.4) is 0 Å². The van der Waals surface area contributed by atoms with Crippen LogP contribution >= 0.6 is 0 Å². The molecule has 2 aromatic rings. The zero-order chi connectivity index (χ0) is 18.1. The largest absolute Gasteiger partial charge is 0.494 e. The van der Waals surface area contributed by atoms with Crippen LogP contribution in [0.15, 0.2) is 48.5 Å². The summed E-state index contributed by atoms with van der Waals surface area (Å²) in [5, 5.41) is 0. The smallest absolute Gasteiger partial charge is 0.175 e. The van der Waals surface area contributed by atoms with E-state index in [-0.39, 0.29) is 23.4 Å². The molecule has 0 spiro atoms. The maximum atomic E-state index is 14.7. The number of ether oxygens (including phenoxy) is 2. The highest BCUT2D eigenvalue weighted by Gasteiger charge is 2.36. The Morgan fingerprint density at radius 2 is 1.92 bits per heavy atom. The number of benzene rings is 2. The van der Waals surface area contributed by atoms with Crippen molar-refractivity contribution in [1.29, 1.82) is 0 Å². The molecule has 0 N–H and O–H groups in total. The van der Waals surface area contributed by atoms with Gasteiger partial charge in [-0.05, 0) is 29.7 Å². The number of morpholine rings is 1. The molecule has 1 fully saturated rings. The first kappa shape index (κ1) is 17.2. The molecule has 26 heavy (non-hydrogen) atoms. The van der Waals surface area contributed by atoms with Gasteiger partial charge in [0.1, 0.15) is 5.82 Å². The van der Waals surface area contributed by atoms with Gasteiger partial charge in [0.05, 0.1) is 31.9 Å². The van der Waals surface area contributed by atoms with Crippen LogP contribution in [0.2, 0.25) is 0 Å². The fourth-order valence-corrected chi connectivity index (χ4v) is 3.87. The van der Waals surface area contributed by atoms with Crippen LogP contribution in [-0.4, -0.2) is 37.3 Å². The summed E-state index contributed by atoms with van der Waals surface area (Å²) in [6, 6.07) is 12.9. The second kappa shape index (κ2) is 7.17. The van der Waals surface area contributed by atoms with Gasteiger partial charge in [0.25, 0.3) is 0 Å². The van der Waals surface area contributed by atoms with Crippen LogP contribution in [0.1, 0.15) is 17.5 Å². The molecule has 1 saturated heterocycles. The van der Waals surface area contributed by atoms with E-state index in [0.29, 0.717) is 25.2 Å². The standard InChI is InChI=1S/C21H21F2NO2/c1-25-19-8-7-18(22)20(21(19)23)15-9-16-12-26-13-17(10-15)24(16)11-14-5-3-2-4-6-14/h2-9,16-17H,10-13H2,1H3. The first-order valence-electron chi connectivity index (χ1n) is 8.78. The number of hydrogen-bond acceptors (Lipinski definition) is 3. The molecule has 0 aliphatic carbocycles. The minimum atomic E-state index is -0.630. The molecule has 0 amide bonds. The monoisotopic (exact) mass is 357 g/mol. The summed E-state index contributed by atoms with van der Waals surface area (Å²) in [5.41, 5.74) is 1.95. The second-order valence-corrected chi connectivity index (χ2v) is 6.75. The molecule has 2 bridgehead atoms. The molecule has 2 atom stereocenters. The second-order valence-electron chi connectivity index (χ2n) is 6.75. The molecule has 2 aliphatic rings. The summed E-state index contributed by atoms with van der Waals surface area (Å²) >= 11 is 0. The van der Waals surface area contributed by atoms with Crippen molar-refractivity contribution in [2.24, 2.45) is 0 Å². The predicted octanol–water partition coefficient (Wildman–Crippen LogP) is 4.03. The Balaban J connectivity index is 1.67. The summed E-state index contributed by atoms with van der Waals surface area (Å²) in [7, 11) is 1.39. The maximum absolute atomic E-state index is 14.7. The zero-order valence-electron chi connectivity index (χ0n) is 14.6. The number of halogens is 2. The van der Waals surface area contributed by atoms with Gasteiger partial charge in [0, 0.05) is 12.6 Å². The molecule has 0 radical (unpaired) electrons. The molecule has 0 aromatic heterocycles. The Morgan fingerprint density at radius 3 is 2.65 bits per heavy atom. The molecule has 3 nitrogen and oxygen atoms in total. The lowest BCUT2D eigenvalue weighted by atomic mass is 9.88. The molecule has 0 saturated carbocycles. The highest BCUT2D eigenvalue weighted by Crippen LogP contribution is 2.37. The molecule has 5 heteroatoms. The molecular formula is C21H21F2NO2. The molecular weight excluding hydrogens is 336 g/mol. The van der Waals surface area contributed by atoms with Crippen LogP contribution < -0.4 is 4.74 Å². The summed E-state index contributed by atoms with van der Waals surface area (Å²) in [6.07, 6.45) is 2.49. The highest BCUT2D eigenvalue weighted by atomic mass is 19.1. The lowest BCUT2D eigenvalue weighted by Gasteiger charge is -2.45. The van der Waals surface area contributed by atoms with E-state index in [9.17, 15) is 8.78 Å². The number of methoxy groups -OCH3 is 1. The van der Waals surface area contributed by atoms with Gasteiger partial charge in [-0.25, -0.2) is 8.78 Å². The zero-order valence-corrected chi connectivity index (χ0v) is 14.6. The van der Waals surface area contributed by atoms with Gasteiger partial charge < -0.3 is 9.47 Å². The van der Waals surface area contributed by atoms with Crippen molar-refractivity contribution in [2.75, 3.05) is 20.3 Å². The predicted molar refractivity (Wildman–Crippen MR) is 95.9 cm³/mol. The lowest BCUT2D eigenvalue weighted by molar-refractivity contribution is -0.0403. The minimum absolute atomic E-state index is 0.00251. The van der Waals surface area contributed by atoms with Crippen molar-refractivity contribution in [3.8, 4) is 5.75 Å². The summed E-state index contributed by atoms with van der Waals surface area (Å²) in [5.74, 6) is -1.12. The van der Waals surface area contributed by atoms with Crippen LogP contribution in [-0.2, 0) is 11.3 Å². The average Bonchev–Trinajstić information content (AvgIpc) is 2.63. The van der Waals surface area contributed by atoms with Gasteiger partial charge in [0.2, 0.25) is 0 Å². The number of nitrogens with zero attached hydrogens (tertiary/aromatic N) is 1. The van der Waals surface area contributed by atoms with Gasteiger partial charge in [-0.1, -0.05) is 36.4 Å². The summed E-state index contributed by atoms with van der Waals surface area (Å²) < 4.78 is 39.8. The van der Waals surface area contributed by atoms with E-state index in [1.54, 1.807) is 0 Å². The normalized spacial score (nSPS) is 22.8. The Morgan fingerprint density at radius 1 is 1.12 bits per heavy atom. The van der Waals surface area contributed by atoms with Gasteiger partial charge >= 0.3 is 0 Å². The van der Waals surface area contributed by atoms with Crippen LogP contribution in [0, 0.1) is 11.6 Å². The lowest BCUT2D eigenvalue weighted by Crippen LogP contribution is -2.53. The van der Waals surface area contributed by atoms with E-state index in [4.69, 9.17) is 9.47 Å². The van der Waals surface area contributed by atoms with Crippen molar-refractivity contribution < 1.29 is 18.3 Å². The van der Waals surface area contributed by atoms with Crippen molar-refractivity contribution in [1.82, 2.24) is 4.90 Å². The van der Waals surface area contributed by atoms with E-state index in [0.717, 1.165) is 6.54 Å². The first-order valence-corrected chi connectivity index (χ1v) is 8.78. The molecule has 2 unspecified atom stereocenters. The summed E-state index contributed by atoms with van der Waals surface area (Å²) in [6.45, 7) is 1.89. The number of hydrogen-bond donors (Lipinski definition) is 0. The Labute approximate surface area is 151 Å². The molecule has 2 aromatic carbocycles. The van der Waals surface area contributed by atoms with E-state index < -0.39 is 11.6 Å². The number of rotatable bonds is 4. The fourth-order valence-electron chi connectivity index (χ4n) is 3.87. The van der Waals surface area contributed by atoms with E-state index in [1.165, 1.54) is 24.8 Å². The molecule has 136 valence electrons. The van der Waals surface area contributed by atoms with Crippen LogP contribution in [0.25, 0.3) is 5.57 Å². The highest BCUT2D eigenvalue weighted by molar-refractivity contribution is 5.70. The van der Waals surface area contributed by atoms with Crippen molar-refractivity contribution in [3.05, 3.63) is 71.3 Å². The van der Waals surface area contributed by atoms with Crippen molar-refractivity contribution in [3.63, 3.8) is 0 Å². The maximum Gasteiger partial charge on any atom is 0.175 e. The Kier molecular flexibility index (Phi) is 4.74. The topological polar surface area (TPSA) is 21.7 Å². The third kappa shape index (κ3) is 3.13. The SMILES string of the molecule is COc1ccc(F)c(C2=CC3COCC(C2)N3Cc2ccccc2)c1F. The van der Waals surface area contributed by atoms with E-state index in [1.807, 2.05) is 24.3 Å². The Hall–Kier alpha value is -2.24. The fraction of sp³-hybridized carbons (Fsp3) is 0.333. The van der Waals surface area contributed by atoms with E-state index >= 15 is 0 Å². The van der Waals surface area contributed by atoms with Gasteiger partial charge in [-0.2, -0.15) is 0 Å². The van der Waals surface area contributed by atoms with Gasteiger partial charge in [0.15, 0.2) is 11.6 Å². The van der Waals surface area contributed by atoms with E-state index in [2.05, 4.69) is 17.0 Å². The number of fused-ring (bicyclic) bond motifs is 2. The molecule has 2 heterocycles. The molecule has 4 rings (SSSR count). The van der Waals surface area contributed by atoms with Gasteiger partial charge in [-0.3, -0.25) is 4.90 Å². The van der Waals surface area contributed by atoms with Gasteiger partial charge in [-0.15, -0.1) is 0 Å². The average molecular weight is 357 g/mol. The van der Waals surface area contributed by atoms with Crippen LogP contribution in [0.5, 0.6) is 5.75 Å².